The van der Waals surface area contributed by atoms with Crippen molar-refractivity contribution in [3.05, 3.63) is 29.3 Å². The minimum atomic E-state index is -0.555. The number of ether oxygens (including phenoxy) is 1. The highest BCUT2D eigenvalue weighted by Crippen LogP contribution is 2.25. The molecule has 0 saturated heterocycles. The summed E-state index contributed by atoms with van der Waals surface area (Å²) in [7, 11) is 0. The largest absolute Gasteiger partial charge is 0.484 e. The molecular formula is C16H22N2O3. The van der Waals surface area contributed by atoms with Crippen molar-refractivity contribution >= 4 is 11.8 Å². The average Bonchev–Trinajstić information content (AvgIpc) is 2.92. The summed E-state index contributed by atoms with van der Waals surface area (Å²) in [6.45, 7) is 3.95. The van der Waals surface area contributed by atoms with Gasteiger partial charge in [-0.15, -0.1) is 0 Å². The highest BCUT2D eigenvalue weighted by atomic mass is 16.5. The van der Waals surface area contributed by atoms with Gasteiger partial charge < -0.3 is 15.4 Å². The van der Waals surface area contributed by atoms with Gasteiger partial charge in [-0.2, -0.15) is 0 Å². The van der Waals surface area contributed by atoms with Crippen LogP contribution in [0.4, 0.5) is 0 Å². The maximum absolute atomic E-state index is 11.8. The maximum Gasteiger partial charge on any atom is 0.258 e. The van der Waals surface area contributed by atoms with Crippen LogP contribution in [-0.4, -0.2) is 31.0 Å². The third-order valence-electron chi connectivity index (χ3n) is 3.56. The fraction of sp³-hybridized carbons (Fsp3) is 0.500. The number of hydrogen-bond acceptors (Lipinski definition) is 3. The Balaban J connectivity index is 1.80. The van der Waals surface area contributed by atoms with Crippen LogP contribution in [0.25, 0.3) is 0 Å². The third kappa shape index (κ3) is 4.21. The highest BCUT2D eigenvalue weighted by Gasteiger charge is 2.15. The van der Waals surface area contributed by atoms with Crippen LogP contribution in [0.15, 0.2) is 18.2 Å². The van der Waals surface area contributed by atoms with Crippen LogP contribution in [0, 0.1) is 0 Å². The zero-order chi connectivity index (χ0) is 15.2. The van der Waals surface area contributed by atoms with Crippen molar-refractivity contribution in [3.8, 4) is 5.75 Å². The molecule has 0 aromatic heterocycles. The first-order chi connectivity index (χ1) is 10.1. The molecule has 0 bridgehead atoms. The van der Waals surface area contributed by atoms with Gasteiger partial charge in [-0.25, -0.2) is 0 Å². The Morgan fingerprint density at radius 2 is 2.05 bits per heavy atom. The van der Waals surface area contributed by atoms with E-state index in [1.165, 1.54) is 17.5 Å². The molecule has 21 heavy (non-hydrogen) atoms. The Morgan fingerprint density at radius 3 is 2.81 bits per heavy atom. The lowest BCUT2D eigenvalue weighted by Gasteiger charge is -2.14. The summed E-state index contributed by atoms with van der Waals surface area (Å²) in [5.41, 5.74) is 2.68. The summed E-state index contributed by atoms with van der Waals surface area (Å²) >= 11 is 0. The van der Waals surface area contributed by atoms with Gasteiger partial charge in [-0.3, -0.25) is 9.59 Å². The predicted molar refractivity (Wildman–Crippen MR) is 80.3 cm³/mol. The highest BCUT2D eigenvalue weighted by molar-refractivity contribution is 5.87. The van der Waals surface area contributed by atoms with Gasteiger partial charge in [0.05, 0.1) is 0 Å². The number of hydrogen-bond donors (Lipinski definition) is 2. The lowest BCUT2D eigenvalue weighted by atomic mass is 10.1. The predicted octanol–water partition coefficient (Wildman–Crippen LogP) is 1.19. The summed E-state index contributed by atoms with van der Waals surface area (Å²) in [4.78, 5) is 23.3. The van der Waals surface area contributed by atoms with Gasteiger partial charge in [-0.1, -0.05) is 6.07 Å². The van der Waals surface area contributed by atoms with Crippen molar-refractivity contribution in [2.45, 2.75) is 39.2 Å². The lowest BCUT2D eigenvalue weighted by molar-refractivity contribution is -0.129. The van der Waals surface area contributed by atoms with Gasteiger partial charge in [0.1, 0.15) is 11.8 Å². The molecule has 0 unspecified atom stereocenters. The van der Waals surface area contributed by atoms with E-state index in [0.717, 1.165) is 12.8 Å². The molecule has 1 aromatic rings. The molecule has 0 spiro atoms. The first-order valence-corrected chi connectivity index (χ1v) is 7.42. The number of amides is 2. The van der Waals surface area contributed by atoms with Gasteiger partial charge >= 0.3 is 0 Å². The number of aryl methyl sites for hydroxylation is 2. The molecule has 2 rings (SSSR count). The molecule has 1 aromatic carbocycles. The normalized spacial score (nSPS) is 14.2. The van der Waals surface area contributed by atoms with Crippen LogP contribution in [0.5, 0.6) is 5.75 Å². The number of benzene rings is 1. The molecule has 0 heterocycles. The van der Waals surface area contributed by atoms with Crippen LogP contribution in [0.3, 0.4) is 0 Å². The topological polar surface area (TPSA) is 67.4 Å². The number of fused-ring (bicyclic) bond motifs is 1. The second kappa shape index (κ2) is 7.11. The van der Waals surface area contributed by atoms with Crippen molar-refractivity contribution in [1.29, 1.82) is 0 Å². The molecule has 0 saturated carbocycles. The van der Waals surface area contributed by atoms with Crippen LogP contribution in [0.1, 0.15) is 31.4 Å². The standard InChI is InChI=1S/C16H22N2O3/c1-3-17-16(20)11(2)18-15(19)10-21-14-8-7-12-5-4-6-13(12)9-14/h7-9,11H,3-6,10H2,1-2H3,(H,17,20)(H,18,19)/t11-/m0/s1. The second-order valence-electron chi connectivity index (χ2n) is 5.26. The van der Waals surface area contributed by atoms with Crippen molar-refractivity contribution in [2.75, 3.05) is 13.2 Å². The number of likely N-dealkylation sites (N-methyl/N-ethyl adjacent to an activating group) is 1. The Labute approximate surface area is 125 Å². The molecule has 114 valence electrons. The fourth-order valence-corrected chi connectivity index (χ4v) is 2.46. The summed E-state index contributed by atoms with van der Waals surface area (Å²) in [6.07, 6.45) is 3.39. The molecule has 5 nitrogen and oxygen atoms in total. The molecule has 0 fully saturated rings. The minimum absolute atomic E-state index is 0.0808. The Kier molecular flexibility index (Phi) is 5.20. The second-order valence-corrected chi connectivity index (χ2v) is 5.26. The summed E-state index contributed by atoms with van der Waals surface area (Å²) in [5, 5.41) is 5.27. The molecule has 1 aliphatic rings. The van der Waals surface area contributed by atoms with Crippen molar-refractivity contribution in [3.63, 3.8) is 0 Å². The molecule has 5 heteroatoms. The van der Waals surface area contributed by atoms with Crippen molar-refractivity contribution in [2.24, 2.45) is 0 Å². The van der Waals surface area contributed by atoms with Gasteiger partial charge in [0.15, 0.2) is 6.61 Å². The first-order valence-electron chi connectivity index (χ1n) is 7.42. The number of nitrogens with one attached hydrogen (secondary N) is 2. The quantitative estimate of drug-likeness (QED) is 0.827. The van der Waals surface area contributed by atoms with E-state index >= 15 is 0 Å². The van der Waals surface area contributed by atoms with Crippen molar-refractivity contribution < 1.29 is 14.3 Å². The van der Waals surface area contributed by atoms with E-state index in [9.17, 15) is 9.59 Å². The smallest absolute Gasteiger partial charge is 0.258 e. The average molecular weight is 290 g/mol. The van der Waals surface area contributed by atoms with Crippen LogP contribution < -0.4 is 15.4 Å². The van der Waals surface area contributed by atoms with E-state index < -0.39 is 6.04 Å². The number of carbonyl (C=O) groups is 2. The van der Waals surface area contributed by atoms with Gasteiger partial charge in [-0.05, 0) is 56.4 Å². The van der Waals surface area contributed by atoms with Gasteiger partial charge in [0.2, 0.25) is 5.91 Å². The van der Waals surface area contributed by atoms with Crippen LogP contribution >= 0.6 is 0 Å². The molecular weight excluding hydrogens is 268 g/mol. The van der Waals surface area contributed by atoms with E-state index in [1.807, 2.05) is 19.1 Å². The minimum Gasteiger partial charge on any atom is -0.484 e. The Bertz CT molecular complexity index is 528. The zero-order valence-electron chi connectivity index (χ0n) is 12.6. The van der Waals surface area contributed by atoms with Crippen LogP contribution in [-0.2, 0) is 22.4 Å². The Morgan fingerprint density at radius 1 is 1.29 bits per heavy atom. The van der Waals surface area contributed by atoms with E-state index in [2.05, 4.69) is 16.7 Å². The molecule has 0 radical (unpaired) electrons. The SMILES string of the molecule is CCNC(=O)[C@H](C)NC(=O)COc1ccc2c(c1)CCC2. The lowest BCUT2D eigenvalue weighted by Crippen LogP contribution is -2.46. The fourth-order valence-electron chi connectivity index (χ4n) is 2.46. The van der Waals surface area contributed by atoms with Crippen molar-refractivity contribution in [1.82, 2.24) is 10.6 Å². The summed E-state index contributed by atoms with van der Waals surface area (Å²) in [5.74, 6) is 0.217. The first kappa shape index (κ1) is 15.4. The number of rotatable bonds is 6. The molecule has 1 atom stereocenters. The molecule has 2 amide bonds. The van der Waals surface area contributed by atoms with Gasteiger partial charge in [0, 0.05) is 6.54 Å². The summed E-state index contributed by atoms with van der Waals surface area (Å²) in [6, 6.07) is 5.40. The summed E-state index contributed by atoms with van der Waals surface area (Å²) < 4.78 is 5.49. The van der Waals surface area contributed by atoms with E-state index in [-0.39, 0.29) is 18.4 Å². The molecule has 1 aliphatic carbocycles. The zero-order valence-corrected chi connectivity index (χ0v) is 12.6. The van der Waals surface area contributed by atoms with Crippen LogP contribution in [0.2, 0.25) is 0 Å². The Hall–Kier alpha value is -2.04. The third-order valence-corrected chi connectivity index (χ3v) is 3.56. The molecule has 2 N–H and O–H groups in total. The monoisotopic (exact) mass is 290 g/mol. The maximum atomic E-state index is 11.8. The number of carbonyl (C=O) groups excluding carboxylic acids is 2. The molecule has 0 aliphatic heterocycles. The van der Waals surface area contributed by atoms with E-state index in [1.54, 1.807) is 6.92 Å². The van der Waals surface area contributed by atoms with E-state index in [0.29, 0.717) is 12.3 Å². The van der Waals surface area contributed by atoms with E-state index in [4.69, 9.17) is 4.74 Å². The van der Waals surface area contributed by atoms with Gasteiger partial charge in [0.25, 0.3) is 5.91 Å².